The van der Waals surface area contributed by atoms with Crippen molar-refractivity contribution in [2.24, 2.45) is 0 Å². The zero-order chi connectivity index (χ0) is 13.7. The highest BCUT2D eigenvalue weighted by atomic mass is 32.1. The smallest absolute Gasteiger partial charge is 0.203 e. The van der Waals surface area contributed by atoms with Crippen LogP contribution in [0, 0.1) is 6.92 Å². The molecule has 2 N–H and O–H groups in total. The lowest BCUT2D eigenvalue weighted by Crippen LogP contribution is -2.17. The molecule has 1 aliphatic rings. The molecular formula is C15H16N4S. The molecule has 3 aromatic heterocycles. The average molecular weight is 284 g/mol. The van der Waals surface area contributed by atoms with E-state index in [4.69, 9.17) is 5.73 Å². The highest BCUT2D eigenvalue weighted by Gasteiger charge is 2.26. The molecule has 1 unspecified atom stereocenters. The van der Waals surface area contributed by atoms with Crippen LogP contribution in [0.4, 0.5) is 5.95 Å². The van der Waals surface area contributed by atoms with Gasteiger partial charge in [0, 0.05) is 10.6 Å². The number of hydrogen-bond acceptors (Lipinski definition) is 4. The molecule has 5 heteroatoms. The van der Waals surface area contributed by atoms with Gasteiger partial charge in [-0.2, -0.15) is 0 Å². The van der Waals surface area contributed by atoms with Crippen LogP contribution < -0.4 is 5.73 Å². The Labute approximate surface area is 121 Å². The number of rotatable bonds is 1. The SMILES string of the molecule is Cc1ccc2nc(N)n(C3CCCc4sccc43)c2n1. The van der Waals surface area contributed by atoms with Crippen molar-refractivity contribution in [3.05, 3.63) is 39.7 Å². The van der Waals surface area contributed by atoms with Crippen molar-refractivity contribution in [1.29, 1.82) is 0 Å². The molecule has 4 rings (SSSR count). The zero-order valence-electron chi connectivity index (χ0n) is 11.3. The molecule has 0 radical (unpaired) electrons. The van der Waals surface area contributed by atoms with E-state index in [1.54, 1.807) is 0 Å². The Balaban J connectivity index is 1.96. The topological polar surface area (TPSA) is 56.7 Å². The molecular weight excluding hydrogens is 268 g/mol. The molecule has 0 saturated heterocycles. The fraction of sp³-hybridized carbons (Fsp3) is 0.333. The van der Waals surface area contributed by atoms with Gasteiger partial charge in [0.1, 0.15) is 5.52 Å². The van der Waals surface area contributed by atoms with Gasteiger partial charge in [0.05, 0.1) is 6.04 Å². The van der Waals surface area contributed by atoms with Crippen molar-refractivity contribution < 1.29 is 0 Å². The van der Waals surface area contributed by atoms with Crippen molar-refractivity contribution in [3.8, 4) is 0 Å². The van der Waals surface area contributed by atoms with Crippen molar-refractivity contribution in [2.45, 2.75) is 32.2 Å². The molecule has 4 nitrogen and oxygen atoms in total. The molecule has 102 valence electrons. The highest BCUT2D eigenvalue weighted by molar-refractivity contribution is 7.10. The van der Waals surface area contributed by atoms with Gasteiger partial charge >= 0.3 is 0 Å². The minimum atomic E-state index is 0.282. The Bertz CT molecular complexity index is 786. The predicted octanol–water partition coefficient (Wildman–Crippen LogP) is 3.31. The van der Waals surface area contributed by atoms with E-state index in [1.807, 2.05) is 30.4 Å². The number of thiophene rings is 1. The third-order valence-electron chi connectivity index (χ3n) is 4.04. The Morgan fingerprint density at radius 3 is 3.10 bits per heavy atom. The van der Waals surface area contributed by atoms with Crippen molar-refractivity contribution in [3.63, 3.8) is 0 Å². The van der Waals surface area contributed by atoms with Crippen LogP contribution in [-0.4, -0.2) is 14.5 Å². The Hall–Kier alpha value is -1.88. The summed E-state index contributed by atoms with van der Waals surface area (Å²) in [6.45, 7) is 2.00. The second-order valence-electron chi connectivity index (χ2n) is 5.34. The summed E-state index contributed by atoms with van der Waals surface area (Å²) in [5, 5.41) is 2.18. The minimum absolute atomic E-state index is 0.282. The van der Waals surface area contributed by atoms with Gasteiger partial charge in [0.2, 0.25) is 5.95 Å². The number of anilines is 1. The van der Waals surface area contributed by atoms with Crippen LogP contribution in [0.3, 0.4) is 0 Å². The number of imidazole rings is 1. The summed E-state index contributed by atoms with van der Waals surface area (Å²) in [5.74, 6) is 0.571. The van der Waals surface area contributed by atoms with Gasteiger partial charge in [0.15, 0.2) is 5.65 Å². The van der Waals surface area contributed by atoms with E-state index in [-0.39, 0.29) is 6.04 Å². The largest absolute Gasteiger partial charge is 0.369 e. The van der Waals surface area contributed by atoms with E-state index >= 15 is 0 Å². The summed E-state index contributed by atoms with van der Waals surface area (Å²) in [6, 6.07) is 6.49. The Kier molecular flexibility index (Phi) is 2.57. The van der Waals surface area contributed by atoms with Gasteiger partial charge in [0.25, 0.3) is 0 Å². The molecule has 0 aliphatic heterocycles. The Morgan fingerprint density at radius 2 is 2.20 bits per heavy atom. The number of aromatic nitrogens is 3. The Morgan fingerprint density at radius 1 is 1.30 bits per heavy atom. The monoisotopic (exact) mass is 284 g/mol. The molecule has 1 atom stereocenters. The number of pyridine rings is 1. The van der Waals surface area contributed by atoms with Gasteiger partial charge in [-0.3, -0.25) is 4.57 Å². The number of nitrogens with two attached hydrogens (primary N) is 1. The second kappa shape index (κ2) is 4.31. The molecule has 1 aliphatic carbocycles. The average Bonchev–Trinajstić information content (AvgIpc) is 3.02. The van der Waals surface area contributed by atoms with Crippen molar-refractivity contribution in [2.75, 3.05) is 5.73 Å². The van der Waals surface area contributed by atoms with Gasteiger partial charge in [-0.15, -0.1) is 11.3 Å². The molecule has 0 bridgehead atoms. The zero-order valence-corrected chi connectivity index (χ0v) is 12.2. The van der Waals surface area contributed by atoms with E-state index in [1.165, 1.54) is 23.3 Å². The fourth-order valence-electron chi connectivity index (χ4n) is 3.12. The van der Waals surface area contributed by atoms with Gasteiger partial charge < -0.3 is 5.73 Å². The van der Waals surface area contributed by atoms with Gasteiger partial charge in [-0.1, -0.05) is 0 Å². The lowest BCUT2D eigenvalue weighted by Gasteiger charge is -2.25. The highest BCUT2D eigenvalue weighted by Crippen LogP contribution is 2.38. The van der Waals surface area contributed by atoms with Gasteiger partial charge in [-0.25, -0.2) is 9.97 Å². The van der Waals surface area contributed by atoms with E-state index in [2.05, 4.69) is 26.0 Å². The summed E-state index contributed by atoms with van der Waals surface area (Å²) in [6.07, 6.45) is 3.49. The summed E-state index contributed by atoms with van der Waals surface area (Å²) in [5.41, 5.74) is 10.4. The third kappa shape index (κ3) is 1.66. The molecule has 0 amide bonds. The van der Waals surface area contributed by atoms with Gasteiger partial charge in [-0.05, 0) is 55.3 Å². The van der Waals surface area contributed by atoms with Crippen LogP contribution in [0.2, 0.25) is 0 Å². The number of fused-ring (bicyclic) bond motifs is 2. The first-order chi connectivity index (χ1) is 9.74. The second-order valence-corrected chi connectivity index (χ2v) is 6.34. The number of aryl methyl sites for hydroxylation is 2. The molecule has 0 fully saturated rings. The molecule has 3 heterocycles. The number of hydrogen-bond donors (Lipinski definition) is 1. The quantitative estimate of drug-likeness (QED) is 0.746. The fourth-order valence-corrected chi connectivity index (χ4v) is 4.10. The van der Waals surface area contributed by atoms with Crippen molar-refractivity contribution in [1.82, 2.24) is 14.5 Å². The summed E-state index contributed by atoms with van der Waals surface area (Å²) in [7, 11) is 0. The van der Waals surface area contributed by atoms with Crippen molar-refractivity contribution >= 4 is 28.4 Å². The maximum atomic E-state index is 6.18. The van der Waals surface area contributed by atoms with Crippen LogP contribution in [-0.2, 0) is 6.42 Å². The normalized spacial score (nSPS) is 18.4. The maximum absolute atomic E-state index is 6.18. The van der Waals surface area contributed by atoms with Crippen LogP contribution in [0.25, 0.3) is 11.2 Å². The first-order valence-corrected chi connectivity index (χ1v) is 7.79. The van der Waals surface area contributed by atoms with E-state index in [0.717, 1.165) is 23.3 Å². The lowest BCUT2D eigenvalue weighted by atomic mass is 9.94. The molecule has 3 aromatic rings. The standard InChI is InChI=1S/C15H16N4S/c1-9-5-6-11-14(17-9)19(15(16)18-11)12-3-2-4-13-10(12)7-8-20-13/h5-8,12H,2-4H2,1H3,(H2,16,18). The number of nitrogen functional groups attached to an aromatic ring is 1. The summed E-state index contributed by atoms with van der Waals surface area (Å²) in [4.78, 5) is 10.6. The first-order valence-electron chi connectivity index (χ1n) is 6.91. The maximum Gasteiger partial charge on any atom is 0.203 e. The van der Waals surface area contributed by atoms with Crippen LogP contribution in [0.15, 0.2) is 23.6 Å². The first kappa shape index (κ1) is 11.9. The molecule has 0 spiro atoms. The van der Waals surface area contributed by atoms with Crippen LogP contribution in [0.1, 0.15) is 35.0 Å². The third-order valence-corrected chi connectivity index (χ3v) is 5.03. The number of nitrogens with zero attached hydrogens (tertiary/aromatic N) is 3. The molecule has 20 heavy (non-hydrogen) atoms. The van der Waals surface area contributed by atoms with E-state index in [0.29, 0.717) is 5.95 Å². The van der Waals surface area contributed by atoms with Crippen LogP contribution >= 0.6 is 11.3 Å². The van der Waals surface area contributed by atoms with Crippen LogP contribution in [0.5, 0.6) is 0 Å². The van der Waals surface area contributed by atoms with E-state index < -0.39 is 0 Å². The predicted molar refractivity (Wildman–Crippen MR) is 82.1 cm³/mol. The minimum Gasteiger partial charge on any atom is -0.369 e. The summed E-state index contributed by atoms with van der Waals surface area (Å²) < 4.78 is 2.12. The molecule has 0 aromatic carbocycles. The summed E-state index contributed by atoms with van der Waals surface area (Å²) >= 11 is 1.85. The lowest BCUT2D eigenvalue weighted by molar-refractivity contribution is 0.507. The van der Waals surface area contributed by atoms with E-state index in [9.17, 15) is 0 Å². The molecule has 0 saturated carbocycles.